The van der Waals surface area contributed by atoms with E-state index < -0.39 is 0 Å². The number of aromatic nitrogens is 6. The lowest BCUT2D eigenvalue weighted by Gasteiger charge is -2.27. The second-order valence-electron chi connectivity index (χ2n) is 7.82. The normalized spacial score (nSPS) is 13.9. The molecule has 1 aliphatic heterocycles. The third kappa shape index (κ3) is 3.66. The van der Waals surface area contributed by atoms with Gasteiger partial charge in [0.25, 0.3) is 5.56 Å². The Morgan fingerprint density at radius 1 is 1.10 bits per heavy atom. The van der Waals surface area contributed by atoms with E-state index in [0.29, 0.717) is 17.9 Å². The van der Waals surface area contributed by atoms with Crippen molar-refractivity contribution in [3.05, 3.63) is 87.6 Å². The monoisotopic (exact) mass is 413 g/mol. The minimum Gasteiger partial charge on any atom is -0.306 e. The second-order valence-corrected chi connectivity index (χ2v) is 7.82. The molecule has 0 bridgehead atoms. The summed E-state index contributed by atoms with van der Waals surface area (Å²) in [7, 11) is 0. The molecule has 31 heavy (non-hydrogen) atoms. The molecule has 5 rings (SSSR count). The smallest absolute Gasteiger partial charge is 0.255 e. The first-order chi connectivity index (χ1) is 15.1. The standard InChI is InChI=1S/C23H23N7O/c1-15-19(16(2)30(28-15)18-6-4-3-5-7-18)12-29-9-8-21-20(13-29)23(31)27-22(26-21)17-10-24-14-25-11-17/h3-7,10-11,14H,8-9,12-13H2,1-2H3,(H,26,27,31). The Morgan fingerprint density at radius 2 is 1.87 bits per heavy atom. The number of hydrogen-bond donors (Lipinski definition) is 1. The maximum Gasteiger partial charge on any atom is 0.255 e. The number of fused-ring (bicyclic) bond motifs is 1. The van der Waals surface area contributed by atoms with Crippen molar-refractivity contribution in [1.82, 2.24) is 34.6 Å². The third-order valence-electron chi connectivity index (χ3n) is 5.81. The Hall–Kier alpha value is -3.65. The van der Waals surface area contributed by atoms with E-state index in [1.807, 2.05) is 29.8 Å². The lowest BCUT2D eigenvalue weighted by molar-refractivity contribution is 0.241. The first-order valence-corrected chi connectivity index (χ1v) is 10.3. The Bertz CT molecular complexity index is 1280. The SMILES string of the molecule is Cc1nn(-c2ccccc2)c(C)c1CN1CCc2nc(-c3cncnc3)[nH]c(=O)c2C1. The van der Waals surface area contributed by atoms with Crippen LogP contribution in [0, 0.1) is 13.8 Å². The van der Waals surface area contributed by atoms with E-state index in [9.17, 15) is 4.79 Å². The van der Waals surface area contributed by atoms with Gasteiger partial charge in [0.1, 0.15) is 12.2 Å². The summed E-state index contributed by atoms with van der Waals surface area (Å²) in [6.07, 6.45) is 5.50. The molecule has 3 aromatic heterocycles. The highest BCUT2D eigenvalue weighted by atomic mass is 16.1. The van der Waals surface area contributed by atoms with Gasteiger partial charge >= 0.3 is 0 Å². The molecule has 0 saturated carbocycles. The van der Waals surface area contributed by atoms with E-state index in [1.165, 1.54) is 11.9 Å². The highest BCUT2D eigenvalue weighted by Crippen LogP contribution is 2.23. The molecule has 0 spiro atoms. The largest absolute Gasteiger partial charge is 0.306 e. The molecule has 1 aromatic carbocycles. The molecular weight excluding hydrogens is 390 g/mol. The first kappa shape index (κ1) is 19.3. The van der Waals surface area contributed by atoms with Gasteiger partial charge in [-0.05, 0) is 26.0 Å². The van der Waals surface area contributed by atoms with Crippen molar-refractivity contribution in [3.63, 3.8) is 0 Å². The van der Waals surface area contributed by atoms with E-state index in [1.54, 1.807) is 12.4 Å². The van der Waals surface area contributed by atoms with Crippen LogP contribution >= 0.6 is 0 Å². The number of nitrogens with one attached hydrogen (secondary N) is 1. The summed E-state index contributed by atoms with van der Waals surface area (Å²) in [6.45, 7) is 6.30. The van der Waals surface area contributed by atoms with E-state index in [4.69, 9.17) is 5.10 Å². The quantitative estimate of drug-likeness (QED) is 0.553. The summed E-state index contributed by atoms with van der Waals surface area (Å²) in [5.41, 5.74) is 6.60. The van der Waals surface area contributed by atoms with Gasteiger partial charge in [-0.25, -0.2) is 19.6 Å². The predicted molar refractivity (Wildman–Crippen MR) is 117 cm³/mol. The van der Waals surface area contributed by atoms with Crippen molar-refractivity contribution in [3.8, 4) is 17.1 Å². The summed E-state index contributed by atoms with van der Waals surface area (Å²) < 4.78 is 1.99. The van der Waals surface area contributed by atoms with Gasteiger partial charge < -0.3 is 4.98 Å². The van der Waals surface area contributed by atoms with Crippen LogP contribution < -0.4 is 5.56 Å². The number of H-pyrrole nitrogens is 1. The summed E-state index contributed by atoms with van der Waals surface area (Å²) in [5.74, 6) is 0.522. The van der Waals surface area contributed by atoms with Crippen molar-refractivity contribution in [1.29, 1.82) is 0 Å². The molecule has 0 atom stereocenters. The number of benzene rings is 1. The number of para-hydroxylation sites is 1. The van der Waals surface area contributed by atoms with Crippen molar-refractivity contribution < 1.29 is 0 Å². The van der Waals surface area contributed by atoms with Crippen LogP contribution in [-0.4, -0.2) is 41.2 Å². The van der Waals surface area contributed by atoms with Gasteiger partial charge in [0, 0.05) is 49.7 Å². The fraction of sp³-hybridized carbons (Fsp3) is 0.261. The number of aryl methyl sites for hydroxylation is 1. The minimum absolute atomic E-state index is 0.0954. The molecule has 4 heterocycles. The zero-order valence-corrected chi connectivity index (χ0v) is 17.5. The Kier molecular flexibility index (Phi) is 4.91. The molecule has 0 amide bonds. The average Bonchev–Trinajstić information content (AvgIpc) is 3.09. The minimum atomic E-state index is -0.0954. The van der Waals surface area contributed by atoms with E-state index in [-0.39, 0.29) is 5.56 Å². The number of hydrogen-bond acceptors (Lipinski definition) is 6. The molecule has 0 fully saturated rings. The molecule has 8 nitrogen and oxygen atoms in total. The number of aromatic amines is 1. The van der Waals surface area contributed by atoms with Crippen LogP contribution in [-0.2, 0) is 19.5 Å². The van der Waals surface area contributed by atoms with Crippen LogP contribution in [0.15, 0.2) is 53.8 Å². The zero-order chi connectivity index (χ0) is 21.4. The van der Waals surface area contributed by atoms with Crippen LogP contribution in [0.5, 0.6) is 0 Å². The van der Waals surface area contributed by atoms with Crippen LogP contribution in [0.25, 0.3) is 17.1 Å². The van der Waals surface area contributed by atoms with Crippen LogP contribution in [0.2, 0.25) is 0 Å². The Labute approximate surface area is 179 Å². The van der Waals surface area contributed by atoms with E-state index >= 15 is 0 Å². The summed E-state index contributed by atoms with van der Waals surface area (Å²) >= 11 is 0. The molecule has 156 valence electrons. The number of nitrogens with zero attached hydrogens (tertiary/aromatic N) is 6. The molecule has 0 unspecified atom stereocenters. The maximum absolute atomic E-state index is 12.8. The van der Waals surface area contributed by atoms with Gasteiger partial charge in [0.05, 0.1) is 28.2 Å². The molecule has 0 radical (unpaired) electrons. The van der Waals surface area contributed by atoms with Gasteiger partial charge in [0.2, 0.25) is 0 Å². The Balaban J connectivity index is 1.40. The molecule has 1 aliphatic rings. The maximum atomic E-state index is 12.8. The van der Waals surface area contributed by atoms with Crippen LogP contribution in [0.3, 0.4) is 0 Å². The van der Waals surface area contributed by atoms with Crippen LogP contribution in [0.4, 0.5) is 0 Å². The van der Waals surface area contributed by atoms with Crippen molar-refractivity contribution in [2.45, 2.75) is 33.4 Å². The van der Waals surface area contributed by atoms with Gasteiger partial charge in [0.15, 0.2) is 0 Å². The van der Waals surface area contributed by atoms with Crippen LogP contribution in [0.1, 0.15) is 28.2 Å². The lowest BCUT2D eigenvalue weighted by Crippen LogP contribution is -2.35. The van der Waals surface area contributed by atoms with E-state index in [2.05, 4.69) is 43.9 Å². The van der Waals surface area contributed by atoms with Gasteiger partial charge in [-0.2, -0.15) is 5.10 Å². The second kappa shape index (κ2) is 7.88. The first-order valence-electron chi connectivity index (χ1n) is 10.3. The predicted octanol–water partition coefficient (Wildman–Crippen LogP) is 2.59. The van der Waals surface area contributed by atoms with E-state index in [0.717, 1.165) is 47.8 Å². The Morgan fingerprint density at radius 3 is 2.65 bits per heavy atom. The van der Waals surface area contributed by atoms with Gasteiger partial charge in [-0.1, -0.05) is 18.2 Å². The molecule has 8 heteroatoms. The molecule has 4 aromatic rings. The average molecular weight is 413 g/mol. The molecule has 1 N–H and O–H groups in total. The van der Waals surface area contributed by atoms with Crippen molar-refractivity contribution in [2.75, 3.05) is 6.54 Å². The lowest BCUT2D eigenvalue weighted by atomic mass is 10.1. The van der Waals surface area contributed by atoms with Crippen molar-refractivity contribution in [2.24, 2.45) is 0 Å². The molecule has 0 saturated heterocycles. The van der Waals surface area contributed by atoms with Crippen molar-refractivity contribution >= 4 is 0 Å². The molecular formula is C23H23N7O. The topological polar surface area (TPSA) is 92.6 Å². The fourth-order valence-electron chi connectivity index (χ4n) is 4.12. The summed E-state index contributed by atoms with van der Waals surface area (Å²) in [4.78, 5) is 30.7. The fourth-order valence-corrected chi connectivity index (χ4v) is 4.12. The third-order valence-corrected chi connectivity index (χ3v) is 5.81. The molecule has 0 aliphatic carbocycles. The highest BCUT2D eigenvalue weighted by molar-refractivity contribution is 5.52. The number of rotatable bonds is 4. The van der Waals surface area contributed by atoms with Gasteiger partial charge in [-0.15, -0.1) is 0 Å². The highest BCUT2D eigenvalue weighted by Gasteiger charge is 2.24. The van der Waals surface area contributed by atoms with Gasteiger partial charge in [-0.3, -0.25) is 9.69 Å². The zero-order valence-electron chi connectivity index (χ0n) is 17.5. The summed E-state index contributed by atoms with van der Waals surface area (Å²) in [6, 6.07) is 10.1. The summed E-state index contributed by atoms with van der Waals surface area (Å²) in [5, 5.41) is 4.75.